The summed E-state index contributed by atoms with van der Waals surface area (Å²) in [6, 6.07) is 8.96. The highest BCUT2D eigenvalue weighted by Gasteiger charge is 2.62. The van der Waals surface area contributed by atoms with Gasteiger partial charge in [-0.05, 0) is 25.0 Å². The molecule has 0 bridgehead atoms. The summed E-state index contributed by atoms with van der Waals surface area (Å²) in [4.78, 5) is 12.3. The normalized spacial score (nSPS) is 38.5. The molecule has 1 aliphatic carbocycles. The van der Waals surface area contributed by atoms with Crippen LogP contribution in [0.15, 0.2) is 30.3 Å². The van der Waals surface area contributed by atoms with E-state index in [0.29, 0.717) is 12.2 Å². The van der Waals surface area contributed by atoms with Gasteiger partial charge in [-0.25, -0.2) is 4.79 Å². The molecule has 3 aliphatic heterocycles. The minimum Gasteiger partial charge on any atom is -0.453 e. The van der Waals surface area contributed by atoms with Crippen molar-refractivity contribution in [3.63, 3.8) is 0 Å². The molecule has 1 saturated carbocycles. The Kier molecular flexibility index (Phi) is 3.82. The van der Waals surface area contributed by atoms with E-state index in [1.165, 1.54) is 6.42 Å². The highest BCUT2D eigenvalue weighted by atomic mass is 16.8. The third kappa shape index (κ3) is 2.68. The summed E-state index contributed by atoms with van der Waals surface area (Å²) >= 11 is 0. The molecule has 6 heteroatoms. The standard InChI is InChI=1S/C19H22O6/c20-17(12-7-3-1-4-8-12)22-13-11-21-15-14(13)23-18-16(15)24-19(25-18)9-5-2-6-10-19/h1,3-4,7-8,13-16,18H,2,5-6,9-11H2/t13-,14-,15+,16-,18-/m1/s1. The molecular weight excluding hydrogens is 324 g/mol. The fourth-order valence-corrected chi connectivity index (χ4v) is 4.35. The van der Waals surface area contributed by atoms with Gasteiger partial charge in [0.15, 0.2) is 18.2 Å². The van der Waals surface area contributed by atoms with Crippen molar-refractivity contribution in [3.05, 3.63) is 35.9 Å². The Morgan fingerprint density at radius 3 is 2.60 bits per heavy atom. The van der Waals surface area contributed by atoms with Crippen molar-refractivity contribution in [1.82, 2.24) is 0 Å². The van der Waals surface area contributed by atoms with Crippen LogP contribution in [-0.4, -0.2) is 49.1 Å². The highest BCUT2D eigenvalue weighted by molar-refractivity contribution is 5.89. The molecule has 0 unspecified atom stereocenters. The minimum atomic E-state index is -0.499. The van der Waals surface area contributed by atoms with E-state index in [2.05, 4.69) is 0 Å². The van der Waals surface area contributed by atoms with Gasteiger partial charge >= 0.3 is 5.97 Å². The van der Waals surface area contributed by atoms with Crippen LogP contribution in [0.3, 0.4) is 0 Å². The van der Waals surface area contributed by atoms with Gasteiger partial charge in [-0.2, -0.15) is 0 Å². The number of hydrogen-bond donors (Lipinski definition) is 0. The van der Waals surface area contributed by atoms with Crippen molar-refractivity contribution < 1.29 is 28.5 Å². The van der Waals surface area contributed by atoms with Crippen molar-refractivity contribution in [3.8, 4) is 0 Å². The number of benzene rings is 1. The summed E-state index contributed by atoms with van der Waals surface area (Å²) in [6.45, 7) is 0.327. The quantitative estimate of drug-likeness (QED) is 0.767. The Labute approximate surface area is 146 Å². The van der Waals surface area contributed by atoms with Gasteiger partial charge in [-0.3, -0.25) is 0 Å². The summed E-state index contributed by atoms with van der Waals surface area (Å²) in [5, 5.41) is 0. The number of carbonyl (C=O) groups excluding carboxylic acids is 1. The number of carbonyl (C=O) groups is 1. The van der Waals surface area contributed by atoms with Crippen molar-refractivity contribution >= 4 is 5.97 Å². The first-order valence-electron chi connectivity index (χ1n) is 9.13. The van der Waals surface area contributed by atoms with Crippen molar-refractivity contribution in [2.24, 2.45) is 0 Å². The van der Waals surface area contributed by atoms with Crippen molar-refractivity contribution in [2.45, 2.75) is 68.6 Å². The van der Waals surface area contributed by atoms with Gasteiger partial charge in [-0.15, -0.1) is 0 Å². The van der Waals surface area contributed by atoms with Crippen molar-refractivity contribution in [1.29, 1.82) is 0 Å². The highest BCUT2D eigenvalue weighted by Crippen LogP contribution is 2.47. The lowest BCUT2D eigenvalue weighted by Crippen LogP contribution is -2.40. The van der Waals surface area contributed by atoms with E-state index < -0.39 is 18.2 Å². The lowest BCUT2D eigenvalue weighted by atomic mass is 9.94. The SMILES string of the molecule is O=C(O[C@@H]1CO[C@@H]2[C@H]3OC4(CCCCC4)O[C@H]3O[C@@H]21)c1ccccc1. The topological polar surface area (TPSA) is 63.2 Å². The first-order valence-corrected chi connectivity index (χ1v) is 9.13. The monoisotopic (exact) mass is 346 g/mol. The maximum Gasteiger partial charge on any atom is 0.338 e. The summed E-state index contributed by atoms with van der Waals surface area (Å²) in [6.07, 6.45) is 3.62. The maximum atomic E-state index is 12.3. The Hall–Kier alpha value is -1.47. The first kappa shape index (κ1) is 15.8. The zero-order valence-electron chi connectivity index (χ0n) is 14.0. The molecule has 0 radical (unpaired) electrons. The van der Waals surface area contributed by atoms with E-state index in [-0.39, 0.29) is 24.3 Å². The molecule has 3 heterocycles. The van der Waals surface area contributed by atoms with E-state index in [4.69, 9.17) is 23.7 Å². The molecule has 5 atom stereocenters. The van der Waals surface area contributed by atoms with Crippen molar-refractivity contribution in [2.75, 3.05) is 6.61 Å². The van der Waals surface area contributed by atoms with Crippen LogP contribution in [-0.2, 0) is 23.7 Å². The summed E-state index contributed by atoms with van der Waals surface area (Å²) in [5.74, 6) is -0.859. The number of rotatable bonds is 2. The van der Waals surface area contributed by atoms with Gasteiger partial charge < -0.3 is 23.7 Å². The molecule has 0 N–H and O–H groups in total. The average molecular weight is 346 g/mol. The zero-order chi connectivity index (χ0) is 16.9. The predicted octanol–water partition coefficient (Wildman–Crippen LogP) is 2.41. The molecule has 4 aliphatic rings. The first-order chi connectivity index (χ1) is 12.2. The largest absolute Gasteiger partial charge is 0.453 e. The summed E-state index contributed by atoms with van der Waals surface area (Å²) in [5.41, 5.74) is 0.526. The van der Waals surface area contributed by atoms with Crippen LogP contribution >= 0.6 is 0 Å². The van der Waals surface area contributed by atoms with E-state index in [1.54, 1.807) is 12.1 Å². The molecule has 3 saturated heterocycles. The molecule has 5 rings (SSSR count). The van der Waals surface area contributed by atoms with Crippen LogP contribution < -0.4 is 0 Å². The molecule has 25 heavy (non-hydrogen) atoms. The molecule has 0 amide bonds. The Bertz CT molecular complexity index is 641. The number of ether oxygens (including phenoxy) is 5. The molecule has 134 valence electrons. The molecule has 4 fully saturated rings. The van der Waals surface area contributed by atoms with E-state index >= 15 is 0 Å². The number of fused-ring (bicyclic) bond motifs is 3. The molecule has 1 aromatic rings. The van der Waals surface area contributed by atoms with Crippen LogP contribution in [0, 0.1) is 0 Å². The van der Waals surface area contributed by atoms with Crippen LogP contribution in [0.2, 0.25) is 0 Å². The van der Waals surface area contributed by atoms with Crippen LogP contribution in [0.5, 0.6) is 0 Å². The molecule has 1 spiro atoms. The van der Waals surface area contributed by atoms with Crippen LogP contribution in [0.1, 0.15) is 42.5 Å². The fourth-order valence-electron chi connectivity index (χ4n) is 4.35. The molecular formula is C19H22O6. The van der Waals surface area contributed by atoms with Crippen LogP contribution in [0.25, 0.3) is 0 Å². The third-order valence-corrected chi connectivity index (χ3v) is 5.59. The van der Waals surface area contributed by atoms with Crippen LogP contribution in [0.4, 0.5) is 0 Å². The van der Waals surface area contributed by atoms with Gasteiger partial charge in [0.25, 0.3) is 0 Å². The van der Waals surface area contributed by atoms with Gasteiger partial charge in [0.2, 0.25) is 0 Å². The second kappa shape index (κ2) is 6.06. The fraction of sp³-hybridized carbons (Fsp3) is 0.632. The Morgan fingerprint density at radius 2 is 1.80 bits per heavy atom. The predicted molar refractivity (Wildman–Crippen MR) is 85.8 cm³/mol. The van der Waals surface area contributed by atoms with Gasteiger partial charge in [0, 0.05) is 12.8 Å². The minimum absolute atomic E-state index is 0.233. The lowest BCUT2D eigenvalue weighted by Gasteiger charge is -2.33. The Balaban J connectivity index is 1.25. The summed E-state index contributed by atoms with van der Waals surface area (Å²) in [7, 11) is 0. The number of esters is 1. The molecule has 6 nitrogen and oxygen atoms in total. The second-order valence-corrected chi connectivity index (χ2v) is 7.25. The zero-order valence-corrected chi connectivity index (χ0v) is 14.0. The van der Waals surface area contributed by atoms with E-state index in [9.17, 15) is 4.79 Å². The number of hydrogen-bond acceptors (Lipinski definition) is 6. The molecule has 1 aromatic carbocycles. The third-order valence-electron chi connectivity index (χ3n) is 5.59. The maximum absolute atomic E-state index is 12.3. The lowest BCUT2D eigenvalue weighted by molar-refractivity contribution is -0.245. The van der Waals surface area contributed by atoms with E-state index in [1.807, 2.05) is 18.2 Å². The van der Waals surface area contributed by atoms with Gasteiger partial charge in [-0.1, -0.05) is 24.6 Å². The summed E-state index contributed by atoms with van der Waals surface area (Å²) < 4.78 is 29.9. The van der Waals surface area contributed by atoms with Gasteiger partial charge in [0.05, 0.1) is 12.2 Å². The molecule has 0 aromatic heterocycles. The average Bonchev–Trinajstić information content (AvgIpc) is 3.27. The van der Waals surface area contributed by atoms with E-state index in [0.717, 1.165) is 25.7 Å². The van der Waals surface area contributed by atoms with Gasteiger partial charge in [0.1, 0.15) is 18.3 Å². The second-order valence-electron chi connectivity index (χ2n) is 7.25. The smallest absolute Gasteiger partial charge is 0.338 e. The Morgan fingerprint density at radius 1 is 1.00 bits per heavy atom.